The van der Waals surface area contributed by atoms with Crippen LogP contribution in [0.1, 0.15) is 69.4 Å². The molecular weight excluding hydrogens is 586 g/mol. The first-order chi connectivity index (χ1) is 21.4. The largest absolute Gasteiger partial charge is 0.495 e. The molecule has 0 spiro atoms. The number of methoxy groups -OCH3 is 2. The number of halogens is 2. The Morgan fingerprint density at radius 3 is 1.80 bits per heavy atom. The minimum atomic E-state index is -0.592. The molecule has 45 heavy (non-hydrogen) atoms. The summed E-state index contributed by atoms with van der Waals surface area (Å²) in [6, 6.07) is 11.1. The molecule has 12 heteroatoms. The monoisotopic (exact) mass is 632 g/mol. The highest BCUT2D eigenvalue weighted by Crippen LogP contribution is 2.35. The normalized spacial score (nSPS) is 18.6. The molecule has 0 bridgehead atoms. The van der Waals surface area contributed by atoms with Crippen LogP contribution in [0.25, 0.3) is 0 Å². The first-order valence-corrected chi connectivity index (χ1v) is 15.2. The van der Waals surface area contributed by atoms with E-state index in [0.29, 0.717) is 48.8 Å². The third-order valence-electron chi connectivity index (χ3n) is 7.81. The lowest BCUT2D eigenvalue weighted by molar-refractivity contribution is -0.134. The van der Waals surface area contributed by atoms with Crippen LogP contribution in [-0.4, -0.2) is 87.1 Å². The first-order valence-electron chi connectivity index (χ1n) is 15.2. The van der Waals surface area contributed by atoms with E-state index in [1.807, 2.05) is 24.3 Å². The van der Waals surface area contributed by atoms with Gasteiger partial charge in [-0.3, -0.25) is 14.9 Å². The number of hydrogen-bond donors (Lipinski definition) is 2. The quantitative estimate of drug-likeness (QED) is 0.342. The van der Waals surface area contributed by atoms with Crippen molar-refractivity contribution in [3.8, 4) is 11.5 Å². The summed E-state index contributed by atoms with van der Waals surface area (Å²) in [7, 11) is 3.10. The lowest BCUT2D eigenvalue weighted by Crippen LogP contribution is -2.39. The highest BCUT2D eigenvalue weighted by atomic mass is 19.1. The number of hydrogen-bond acceptors (Lipinski definition) is 7. The molecule has 3 amide bonds. The van der Waals surface area contributed by atoms with Gasteiger partial charge in [0.25, 0.3) is 0 Å². The van der Waals surface area contributed by atoms with E-state index >= 15 is 0 Å². The summed E-state index contributed by atoms with van der Waals surface area (Å²) in [5.41, 5.74) is 8.30. The molecule has 2 unspecified atom stereocenters. The van der Waals surface area contributed by atoms with Gasteiger partial charge in [-0.2, -0.15) is 0 Å². The van der Waals surface area contributed by atoms with Gasteiger partial charge in [0.1, 0.15) is 30.4 Å². The van der Waals surface area contributed by atoms with Gasteiger partial charge >= 0.3 is 6.09 Å². The molecular formula is C33H46F2N4O6. The second-order valence-electron chi connectivity index (χ2n) is 12.1. The average Bonchev–Trinajstić information content (AvgIpc) is 2.99. The third-order valence-corrected chi connectivity index (χ3v) is 7.81. The number of benzene rings is 2. The highest BCUT2D eigenvalue weighted by Gasteiger charge is 2.28. The lowest BCUT2D eigenvalue weighted by Gasteiger charge is -2.31. The van der Waals surface area contributed by atoms with Crippen LogP contribution in [0.5, 0.6) is 11.5 Å². The van der Waals surface area contributed by atoms with E-state index in [4.69, 9.17) is 19.9 Å². The number of amides is 3. The number of carbonyl (C=O) groups excluding carboxylic acids is 3. The summed E-state index contributed by atoms with van der Waals surface area (Å²) in [4.78, 5) is 39.1. The maximum Gasteiger partial charge on any atom is 0.412 e. The Balaban J connectivity index is 0.000000257. The van der Waals surface area contributed by atoms with E-state index in [0.717, 1.165) is 24.0 Å². The average molecular weight is 633 g/mol. The minimum Gasteiger partial charge on any atom is -0.495 e. The number of likely N-dealkylation sites (tertiary alicyclic amines) is 2. The fourth-order valence-electron chi connectivity index (χ4n) is 5.46. The predicted octanol–water partition coefficient (Wildman–Crippen LogP) is 5.67. The van der Waals surface area contributed by atoms with Crippen LogP contribution >= 0.6 is 0 Å². The van der Waals surface area contributed by atoms with Crippen LogP contribution in [0.3, 0.4) is 0 Å². The molecule has 2 heterocycles. The van der Waals surface area contributed by atoms with Gasteiger partial charge in [0.15, 0.2) is 0 Å². The summed E-state index contributed by atoms with van der Waals surface area (Å²) in [6.07, 6.45) is 1.83. The number of nitrogens with one attached hydrogen (secondary N) is 1. The molecule has 2 atom stereocenters. The van der Waals surface area contributed by atoms with E-state index in [-0.39, 0.29) is 36.7 Å². The molecule has 0 aromatic heterocycles. The summed E-state index contributed by atoms with van der Waals surface area (Å²) in [6.45, 7) is 5.90. The molecule has 2 fully saturated rings. The molecule has 2 aliphatic rings. The molecule has 0 aliphatic carbocycles. The fraction of sp³-hybridized carbons (Fsp3) is 0.545. The Hall–Kier alpha value is -4.09. The highest BCUT2D eigenvalue weighted by molar-refractivity contribution is 5.87. The van der Waals surface area contributed by atoms with Gasteiger partial charge in [0, 0.05) is 39.0 Å². The van der Waals surface area contributed by atoms with E-state index < -0.39 is 25.0 Å². The molecule has 0 saturated carbocycles. The smallest absolute Gasteiger partial charge is 0.412 e. The van der Waals surface area contributed by atoms with Gasteiger partial charge in [0.05, 0.1) is 25.6 Å². The Morgan fingerprint density at radius 1 is 0.867 bits per heavy atom. The maximum absolute atomic E-state index is 12.5. The number of nitrogens with two attached hydrogens (primary N) is 1. The van der Waals surface area contributed by atoms with E-state index in [1.54, 1.807) is 49.8 Å². The molecule has 2 aromatic carbocycles. The van der Waals surface area contributed by atoms with E-state index in [2.05, 4.69) is 5.32 Å². The zero-order valence-electron chi connectivity index (χ0n) is 26.9. The fourth-order valence-corrected chi connectivity index (χ4v) is 5.46. The van der Waals surface area contributed by atoms with Crippen molar-refractivity contribution in [1.82, 2.24) is 9.80 Å². The SMILES string of the molecule is COc1cc(C2CCN(CCF)C(=O)C2)ccc1N.COc1cc(C2CCN(CCF)C(=O)C2)ccc1NC(=O)OC(C)(C)C. The van der Waals surface area contributed by atoms with Gasteiger partial charge in [-0.25, -0.2) is 13.6 Å². The Bertz CT molecular complexity index is 1320. The molecule has 3 N–H and O–H groups in total. The van der Waals surface area contributed by atoms with Crippen molar-refractivity contribution < 1.29 is 37.4 Å². The standard InChI is InChI=1S/C19H27FN2O4.C14H19FN2O2/c1-19(2,3)26-18(24)21-15-6-5-13(11-16(15)25-4)14-7-9-22(10-8-20)17(23)12-14;1-19-13-8-10(2-3-12(13)16)11-4-6-17(7-5-15)14(18)9-11/h5-6,11,14H,7-10,12H2,1-4H3,(H,21,24);2-3,8,11H,4-7,9,16H2,1H3. The Labute approximate surface area is 264 Å². The second-order valence-corrected chi connectivity index (χ2v) is 12.1. The van der Waals surface area contributed by atoms with Crippen molar-refractivity contribution in [3.63, 3.8) is 0 Å². The summed E-state index contributed by atoms with van der Waals surface area (Å²) < 4.78 is 40.6. The molecule has 2 aromatic rings. The van der Waals surface area contributed by atoms with Crippen LogP contribution in [0, 0.1) is 0 Å². The summed E-state index contributed by atoms with van der Waals surface area (Å²) in [5, 5.41) is 2.68. The van der Waals surface area contributed by atoms with Gasteiger partial charge in [0.2, 0.25) is 11.8 Å². The topological polar surface area (TPSA) is 123 Å². The van der Waals surface area contributed by atoms with E-state index in [1.165, 1.54) is 7.11 Å². The molecule has 10 nitrogen and oxygen atoms in total. The number of piperidine rings is 2. The van der Waals surface area contributed by atoms with E-state index in [9.17, 15) is 23.2 Å². The van der Waals surface area contributed by atoms with Gasteiger partial charge in [-0.05, 0) is 80.8 Å². The maximum atomic E-state index is 12.5. The molecule has 2 aliphatic heterocycles. The minimum absolute atomic E-state index is 0.0182. The van der Waals surface area contributed by atoms with Crippen molar-refractivity contribution in [2.75, 3.05) is 64.8 Å². The number of alkyl halides is 2. The zero-order valence-corrected chi connectivity index (χ0v) is 26.9. The van der Waals surface area contributed by atoms with Crippen molar-refractivity contribution in [1.29, 1.82) is 0 Å². The molecule has 2 saturated heterocycles. The number of nitrogens with zero attached hydrogens (tertiary/aromatic N) is 2. The summed E-state index contributed by atoms with van der Waals surface area (Å²) >= 11 is 0. The van der Waals surface area contributed by atoms with Crippen LogP contribution < -0.4 is 20.5 Å². The number of ether oxygens (including phenoxy) is 3. The van der Waals surface area contributed by atoms with Crippen molar-refractivity contribution in [3.05, 3.63) is 47.5 Å². The molecule has 0 radical (unpaired) electrons. The Morgan fingerprint density at radius 2 is 1.36 bits per heavy atom. The number of anilines is 2. The van der Waals surface area contributed by atoms with Crippen LogP contribution in [0.4, 0.5) is 25.0 Å². The van der Waals surface area contributed by atoms with Crippen LogP contribution in [-0.2, 0) is 14.3 Å². The molecule has 248 valence electrons. The van der Waals surface area contributed by atoms with Gasteiger partial charge in [-0.15, -0.1) is 0 Å². The number of rotatable bonds is 9. The third kappa shape index (κ3) is 10.2. The Kier molecular flexibility index (Phi) is 12.8. The van der Waals surface area contributed by atoms with Crippen molar-refractivity contribution in [2.24, 2.45) is 0 Å². The second kappa shape index (κ2) is 16.3. The van der Waals surface area contributed by atoms with Crippen molar-refractivity contribution >= 4 is 29.3 Å². The molecule has 4 rings (SSSR count). The van der Waals surface area contributed by atoms with Crippen LogP contribution in [0.15, 0.2) is 36.4 Å². The van der Waals surface area contributed by atoms with Gasteiger partial charge < -0.3 is 29.7 Å². The first kappa shape index (κ1) is 35.4. The number of nitrogen functional groups attached to an aromatic ring is 1. The van der Waals surface area contributed by atoms with Crippen LogP contribution in [0.2, 0.25) is 0 Å². The summed E-state index contributed by atoms with van der Waals surface area (Å²) in [5.74, 6) is 1.35. The number of carbonyl (C=O) groups is 3. The lowest BCUT2D eigenvalue weighted by atomic mass is 9.88. The van der Waals surface area contributed by atoms with Crippen molar-refractivity contribution in [2.45, 2.75) is 63.9 Å². The van der Waals surface area contributed by atoms with Gasteiger partial charge in [-0.1, -0.05) is 12.1 Å². The predicted molar refractivity (Wildman–Crippen MR) is 169 cm³/mol. The zero-order chi connectivity index (χ0) is 33.1.